The molecule has 4 rings (SSSR count). The quantitative estimate of drug-likeness (QED) is 0.114. The van der Waals surface area contributed by atoms with E-state index in [0.29, 0.717) is 45.6 Å². The standard InChI is InChI=1S/C25H33N3O2.C15H29N3O2.C3H10N2/c26-16-6-2-7-17-27-25(30)23-11-5-8-18-28(23)24(29)19-20-12-14-22(15-13-20)21-9-3-1-4-10-21;1-2-3-4-9-14(19)18-12-6-5-8-13(18)15(20)17-11-7-10-16;4-2-1-3-5/h1,3-4,9-10,12-15,23H,2,5-8,11,16-19,26H2,(H,27,30);13H,2-12,16H2,1H3,(H,17,20);1-5H2/t23-;13-;/m10./s1. The summed E-state index contributed by atoms with van der Waals surface area (Å²) in [6.45, 7) is 7.45. The summed E-state index contributed by atoms with van der Waals surface area (Å²) in [6, 6.07) is 17.7. The van der Waals surface area contributed by atoms with E-state index in [-0.39, 0.29) is 35.7 Å². The number of rotatable bonds is 19. The van der Waals surface area contributed by atoms with Crippen molar-refractivity contribution >= 4 is 23.6 Å². The van der Waals surface area contributed by atoms with Crippen molar-refractivity contribution in [1.29, 1.82) is 0 Å². The predicted molar refractivity (Wildman–Crippen MR) is 224 cm³/mol. The van der Waals surface area contributed by atoms with Gasteiger partial charge < -0.3 is 43.4 Å². The van der Waals surface area contributed by atoms with Crippen LogP contribution in [0.15, 0.2) is 54.6 Å². The molecule has 0 radical (unpaired) electrons. The second-order valence-corrected chi connectivity index (χ2v) is 14.4. The van der Waals surface area contributed by atoms with Crippen LogP contribution in [-0.2, 0) is 25.6 Å². The van der Waals surface area contributed by atoms with Gasteiger partial charge in [-0.15, -0.1) is 0 Å². The van der Waals surface area contributed by atoms with E-state index in [1.165, 1.54) is 0 Å². The highest BCUT2D eigenvalue weighted by molar-refractivity contribution is 5.89. The largest absolute Gasteiger partial charge is 0.354 e. The van der Waals surface area contributed by atoms with Crippen molar-refractivity contribution in [3.05, 3.63) is 60.2 Å². The van der Waals surface area contributed by atoms with Gasteiger partial charge in [-0.1, -0.05) is 80.8 Å². The van der Waals surface area contributed by atoms with E-state index in [9.17, 15) is 19.2 Å². The van der Waals surface area contributed by atoms with E-state index in [1.54, 1.807) is 9.80 Å². The molecular formula is C43H72N8O4. The molecule has 10 N–H and O–H groups in total. The highest BCUT2D eigenvalue weighted by atomic mass is 16.2. The van der Waals surface area contributed by atoms with Gasteiger partial charge >= 0.3 is 0 Å². The Morgan fingerprint density at radius 2 is 1.11 bits per heavy atom. The number of unbranched alkanes of at least 4 members (excludes halogenated alkanes) is 4. The van der Waals surface area contributed by atoms with Crippen molar-refractivity contribution in [3.63, 3.8) is 0 Å². The highest BCUT2D eigenvalue weighted by Crippen LogP contribution is 2.22. The Balaban J connectivity index is 0.000000361. The molecule has 4 amide bonds. The maximum absolute atomic E-state index is 13.0. The molecule has 2 saturated heterocycles. The molecule has 0 aliphatic carbocycles. The number of carbonyl (C=O) groups is 4. The van der Waals surface area contributed by atoms with Gasteiger partial charge in [-0.25, -0.2) is 0 Å². The number of likely N-dealkylation sites (tertiary alicyclic amines) is 2. The Morgan fingerprint density at radius 3 is 1.64 bits per heavy atom. The summed E-state index contributed by atoms with van der Waals surface area (Å²) in [5.74, 6) is 0.139. The summed E-state index contributed by atoms with van der Waals surface area (Å²) >= 11 is 0. The highest BCUT2D eigenvalue weighted by Gasteiger charge is 2.32. The Morgan fingerprint density at radius 1 is 0.582 bits per heavy atom. The average Bonchev–Trinajstić information content (AvgIpc) is 3.22. The number of nitrogens with zero attached hydrogens (tertiary/aromatic N) is 2. The van der Waals surface area contributed by atoms with Crippen LogP contribution in [0.1, 0.15) is 109 Å². The first-order chi connectivity index (χ1) is 26.8. The van der Waals surface area contributed by atoms with E-state index in [0.717, 1.165) is 126 Å². The summed E-state index contributed by atoms with van der Waals surface area (Å²) in [5, 5.41) is 5.90. The van der Waals surface area contributed by atoms with Crippen molar-refractivity contribution in [2.24, 2.45) is 22.9 Å². The van der Waals surface area contributed by atoms with Gasteiger partial charge in [0.2, 0.25) is 23.6 Å². The first-order valence-corrected chi connectivity index (χ1v) is 20.9. The van der Waals surface area contributed by atoms with E-state index >= 15 is 0 Å². The lowest BCUT2D eigenvalue weighted by Gasteiger charge is -2.35. The SMILES string of the molecule is CCCCCC(=O)N1CCCC[C@H]1C(=O)NCCCN.NCCCCCNC(=O)[C@H]1CCCCN1C(=O)Cc1ccc(-c2ccccc2)cc1.NCCCN. The molecule has 2 aliphatic rings. The van der Waals surface area contributed by atoms with Gasteiger partial charge in [0.25, 0.3) is 0 Å². The minimum atomic E-state index is -0.343. The molecule has 0 unspecified atom stereocenters. The smallest absolute Gasteiger partial charge is 0.242 e. The van der Waals surface area contributed by atoms with Gasteiger partial charge in [0.05, 0.1) is 6.42 Å². The third-order valence-electron chi connectivity index (χ3n) is 9.93. The normalized spacial score (nSPS) is 16.5. The van der Waals surface area contributed by atoms with E-state index in [4.69, 9.17) is 22.9 Å². The number of hydrogen-bond acceptors (Lipinski definition) is 8. The lowest BCUT2D eigenvalue weighted by atomic mass is 9.99. The predicted octanol–water partition coefficient (Wildman–Crippen LogP) is 4.23. The van der Waals surface area contributed by atoms with Gasteiger partial charge in [0.1, 0.15) is 12.1 Å². The van der Waals surface area contributed by atoms with Crippen molar-refractivity contribution in [3.8, 4) is 11.1 Å². The maximum Gasteiger partial charge on any atom is 0.242 e. The van der Waals surface area contributed by atoms with Gasteiger partial charge in [-0.05, 0) is 113 Å². The molecular weight excluding hydrogens is 693 g/mol. The second kappa shape index (κ2) is 29.4. The number of nitrogens with one attached hydrogen (secondary N) is 2. The zero-order valence-corrected chi connectivity index (χ0v) is 33.7. The Bertz CT molecular complexity index is 1310. The molecule has 12 nitrogen and oxygen atoms in total. The van der Waals surface area contributed by atoms with Crippen LogP contribution in [0.5, 0.6) is 0 Å². The molecule has 2 fully saturated rings. The Labute approximate surface area is 330 Å². The molecule has 0 spiro atoms. The molecule has 55 heavy (non-hydrogen) atoms. The average molecular weight is 765 g/mol. The number of hydrogen-bond donors (Lipinski definition) is 6. The van der Waals surface area contributed by atoms with Crippen molar-refractivity contribution < 1.29 is 19.2 Å². The molecule has 12 heteroatoms. The van der Waals surface area contributed by atoms with Crippen LogP contribution in [0.4, 0.5) is 0 Å². The second-order valence-electron chi connectivity index (χ2n) is 14.4. The first-order valence-electron chi connectivity index (χ1n) is 20.9. The molecule has 0 bridgehead atoms. The molecule has 2 atom stereocenters. The summed E-state index contributed by atoms with van der Waals surface area (Å²) in [7, 11) is 0. The van der Waals surface area contributed by atoms with Crippen LogP contribution >= 0.6 is 0 Å². The summed E-state index contributed by atoms with van der Waals surface area (Å²) in [6.07, 6.45) is 14.2. The number of nitrogens with two attached hydrogens (primary N) is 4. The van der Waals surface area contributed by atoms with Crippen LogP contribution in [0.3, 0.4) is 0 Å². The van der Waals surface area contributed by atoms with Crippen LogP contribution in [0, 0.1) is 0 Å². The Kier molecular flexibility index (Phi) is 25.3. The van der Waals surface area contributed by atoms with Crippen molar-refractivity contribution in [2.75, 3.05) is 52.4 Å². The fraction of sp³-hybridized carbons (Fsp3) is 0.628. The molecule has 2 aromatic rings. The summed E-state index contributed by atoms with van der Waals surface area (Å²) in [4.78, 5) is 53.6. The van der Waals surface area contributed by atoms with Gasteiger partial charge in [0.15, 0.2) is 0 Å². The van der Waals surface area contributed by atoms with Gasteiger partial charge in [-0.3, -0.25) is 19.2 Å². The molecule has 2 aliphatic heterocycles. The molecule has 308 valence electrons. The van der Waals surface area contributed by atoms with Crippen LogP contribution in [-0.4, -0.2) is 97.9 Å². The molecule has 0 saturated carbocycles. The van der Waals surface area contributed by atoms with E-state index in [1.807, 2.05) is 30.3 Å². The van der Waals surface area contributed by atoms with E-state index in [2.05, 4.69) is 41.8 Å². The topological polar surface area (TPSA) is 203 Å². The maximum atomic E-state index is 13.0. The number of piperidine rings is 2. The van der Waals surface area contributed by atoms with Gasteiger partial charge in [0, 0.05) is 32.6 Å². The van der Waals surface area contributed by atoms with Gasteiger partial charge in [-0.2, -0.15) is 0 Å². The minimum absolute atomic E-state index is 0.0120. The zero-order valence-electron chi connectivity index (χ0n) is 33.7. The van der Waals surface area contributed by atoms with Crippen molar-refractivity contribution in [1.82, 2.24) is 20.4 Å². The summed E-state index contributed by atoms with van der Waals surface area (Å²) in [5.41, 5.74) is 24.3. The number of carbonyl (C=O) groups excluding carboxylic acids is 4. The van der Waals surface area contributed by atoms with Crippen LogP contribution in [0.25, 0.3) is 11.1 Å². The van der Waals surface area contributed by atoms with E-state index < -0.39 is 0 Å². The first kappa shape index (κ1) is 47.3. The fourth-order valence-electron chi connectivity index (χ4n) is 6.72. The summed E-state index contributed by atoms with van der Waals surface area (Å²) < 4.78 is 0. The third-order valence-corrected chi connectivity index (χ3v) is 9.93. The third kappa shape index (κ3) is 18.6. The van der Waals surface area contributed by atoms with Crippen LogP contribution in [0.2, 0.25) is 0 Å². The molecule has 2 aromatic carbocycles. The fourth-order valence-corrected chi connectivity index (χ4v) is 6.72. The molecule has 2 heterocycles. The minimum Gasteiger partial charge on any atom is -0.354 e. The Hall–Kier alpha value is -3.84. The lowest BCUT2D eigenvalue weighted by Crippen LogP contribution is -2.52. The number of amides is 4. The van der Waals surface area contributed by atoms with Crippen LogP contribution < -0.4 is 33.6 Å². The lowest BCUT2D eigenvalue weighted by molar-refractivity contribution is -0.142. The zero-order chi connectivity index (χ0) is 40.1. The monoisotopic (exact) mass is 765 g/mol. The molecule has 0 aromatic heterocycles. The van der Waals surface area contributed by atoms with Crippen molar-refractivity contribution in [2.45, 2.75) is 122 Å². The number of benzene rings is 2.